The molecule has 3 N–H and O–H groups in total. The summed E-state index contributed by atoms with van der Waals surface area (Å²) in [6.45, 7) is 1.42. The number of benzene rings is 1. The molecule has 0 bridgehead atoms. The summed E-state index contributed by atoms with van der Waals surface area (Å²) in [5, 5.41) is 7.48. The van der Waals surface area contributed by atoms with E-state index in [0.29, 0.717) is 15.2 Å². The summed E-state index contributed by atoms with van der Waals surface area (Å²) in [5.74, 6) is -0.388. The van der Waals surface area contributed by atoms with Crippen LogP contribution in [0, 0.1) is 0 Å². The van der Waals surface area contributed by atoms with E-state index in [1.165, 1.54) is 30.0 Å². The SMILES string of the molecule is CC(=O)Nc1ncc(/C=C2\SC(=Nc3cccc4cc[nH]c34)NC2=O)s1. The first-order valence-electron chi connectivity index (χ1n) is 7.67. The van der Waals surface area contributed by atoms with Gasteiger partial charge in [0.1, 0.15) is 0 Å². The van der Waals surface area contributed by atoms with Crippen LogP contribution in [0.5, 0.6) is 0 Å². The zero-order chi connectivity index (χ0) is 18.1. The van der Waals surface area contributed by atoms with Crippen LogP contribution in [-0.4, -0.2) is 26.9 Å². The van der Waals surface area contributed by atoms with E-state index in [2.05, 4.69) is 25.6 Å². The minimum atomic E-state index is -0.207. The van der Waals surface area contributed by atoms with Crippen molar-refractivity contribution in [2.75, 3.05) is 5.32 Å². The highest BCUT2D eigenvalue weighted by Gasteiger charge is 2.24. The molecule has 3 aromatic rings. The molecule has 0 aliphatic carbocycles. The highest BCUT2D eigenvalue weighted by Crippen LogP contribution is 2.32. The smallest absolute Gasteiger partial charge is 0.264 e. The van der Waals surface area contributed by atoms with Gasteiger partial charge in [0, 0.05) is 24.7 Å². The molecule has 1 aliphatic rings. The van der Waals surface area contributed by atoms with Crippen molar-refractivity contribution in [3.05, 3.63) is 46.4 Å². The van der Waals surface area contributed by atoms with E-state index in [9.17, 15) is 9.59 Å². The lowest BCUT2D eigenvalue weighted by Gasteiger charge is -1.98. The number of nitrogens with one attached hydrogen (secondary N) is 3. The molecule has 1 aliphatic heterocycles. The maximum absolute atomic E-state index is 12.2. The summed E-state index contributed by atoms with van der Waals surface area (Å²) in [4.78, 5) is 36.4. The predicted molar refractivity (Wildman–Crippen MR) is 106 cm³/mol. The van der Waals surface area contributed by atoms with Crippen LogP contribution in [0.4, 0.5) is 10.8 Å². The van der Waals surface area contributed by atoms with Crippen LogP contribution in [0.3, 0.4) is 0 Å². The van der Waals surface area contributed by atoms with Crippen LogP contribution in [0.25, 0.3) is 17.0 Å². The average Bonchev–Trinajstić information content (AvgIpc) is 3.29. The van der Waals surface area contributed by atoms with Gasteiger partial charge in [0.15, 0.2) is 10.3 Å². The number of H-pyrrole nitrogens is 1. The molecule has 26 heavy (non-hydrogen) atoms. The quantitative estimate of drug-likeness (QED) is 0.603. The highest BCUT2D eigenvalue weighted by molar-refractivity contribution is 8.18. The normalized spacial score (nSPS) is 17.2. The van der Waals surface area contributed by atoms with Crippen molar-refractivity contribution in [1.29, 1.82) is 0 Å². The van der Waals surface area contributed by atoms with Gasteiger partial charge in [-0.2, -0.15) is 0 Å². The Bertz CT molecular complexity index is 1080. The largest absolute Gasteiger partial charge is 0.359 e. The van der Waals surface area contributed by atoms with E-state index in [4.69, 9.17) is 0 Å². The highest BCUT2D eigenvalue weighted by atomic mass is 32.2. The molecule has 130 valence electrons. The number of amides is 2. The number of hydrogen-bond acceptors (Lipinski definition) is 6. The number of anilines is 1. The number of amidine groups is 1. The summed E-state index contributed by atoms with van der Waals surface area (Å²) in [7, 11) is 0. The van der Waals surface area contributed by atoms with Gasteiger partial charge < -0.3 is 15.6 Å². The molecule has 7 nitrogen and oxygen atoms in total. The van der Waals surface area contributed by atoms with Gasteiger partial charge in [-0.25, -0.2) is 9.98 Å². The summed E-state index contributed by atoms with van der Waals surface area (Å²) < 4.78 is 0. The van der Waals surface area contributed by atoms with Gasteiger partial charge in [0.05, 0.1) is 21.0 Å². The Hall–Kier alpha value is -2.91. The average molecular weight is 383 g/mol. The number of carbonyl (C=O) groups is 2. The molecular weight excluding hydrogens is 370 g/mol. The third kappa shape index (κ3) is 3.39. The molecule has 3 heterocycles. The van der Waals surface area contributed by atoms with Crippen LogP contribution in [-0.2, 0) is 9.59 Å². The second kappa shape index (κ2) is 6.77. The summed E-state index contributed by atoms with van der Waals surface area (Å²) in [6.07, 6.45) is 5.21. The fourth-order valence-corrected chi connectivity index (χ4v) is 4.15. The van der Waals surface area contributed by atoms with Gasteiger partial charge in [-0.05, 0) is 30.0 Å². The molecule has 4 rings (SSSR count). The molecule has 2 aromatic heterocycles. The maximum Gasteiger partial charge on any atom is 0.264 e. The fourth-order valence-electron chi connectivity index (χ4n) is 2.44. The second-order valence-corrected chi connectivity index (χ2v) is 7.54. The maximum atomic E-state index is 12.2. The summed E-state index contributed by atoms with van der Waals surface area (Å²) in [6, 6.07) is 7.79. The van der Waals surface area contributed by atoms with E-state index < -0.39 is 0 Å². The topological polar surface area (TPSA) is 99.2 Å². The molecule has 1 saturated heterocycles. The van der Waals surface area contributed by atoms with Crippen molar-refractivity contribution >= 4 is 67.9 Å². The third-order valence-corrected chi connectivity index (χ3v) is 5.29. The Morgan fingerprint density at radius 2 is 2.23 bits per heavy atom. The van der Waals surface area contributed by atoms with Gasteiger partial charge >= 0.3 is 0 Å². The molecule has 0 atom stereocenters. The summed E-state index contributed by atoms with van der Waals surface area (Å²) in [5.41, 5.74) is 1.69. The van der Waals surface area contributed by atoms with Crippen molar-refractivity contribution < 1.29 is 9.59 Å². The Balaban J connectivity index is 1.58. The fraction of sp³-hybridized carbons (Fsp3) is 0.0588. The number of aliphatic imine (C=N–C) groups is 1. The number of rotatable bonds is 3. The molecule has 0 spiro atoms. The van der Waals surface area contributed by atoms with Crippen LogP contribution in [0.1, 0.15) is 11.8 Å². The van der Waals surface area contributed by atoms with E-state index in [-0.39, 0.29) is 11.8 Å². The number of aromatic nitrogens is 2. The minimum Gasteiger partial charge on any atom is -0.359 e. The zero-order valence-corrected chi connectivity index (χ0v) is 15.2. The Morgan fingerprint density at radius 3 is 3.08 bits per heavy atom. The van der Waals surface area contributed by atoms with Gasteiger partial charge in [-0.15, -0.1) is 0 Å². The predicted octanol–water partition coefficient (Wildman–Crippen LogP) is 3.47. The lowest BCUT2D eigenvalue weighted by atomic mass is 10.2. The molecular formula is C17H13N5O2S2. The molecule has 1 aromatic carbocycles. The first kappa shape index (κ1) is 16.6. The van der Waals surface area contributed by atoms with Crippen molar-refractivity contribution in [3.8, 4) is 0 Å². The van der Waals surface area contributed by atoms with Crippen molar-refractivity contribution in [1.82, 2.24) is 15.3 Å². The number of nitrogens with zero attached hydrogens (tertiary/aromatic N) is 2. The first-order chi connectivity index (χ1) is 12.6. The monoisotopic (exact) mass is 383 g/mol. The molecule has 0 radical (unpaired) electrons. The Labute approximate surface area is 156 Å². The molecule has 9 heteroatoms. The molecule has 2 amide bonds. The van der Waals surface area contributed by atoms with Gasteiger partial charge in [-0.3, -0.25) is 9.59 Å². The van der Waals surface area contributed by atoms with Crippen LogP contribution >= 0.6 is 23.1 Å². The number of thioether (sulfide) groups is 1. The number of thiazole rings is 1. The summed E-state index contributed by atoms with van der Waals surface area (Å²) >= 11 is 2.57. The number of carbonyl (C=O) groups excluding carboxylic acids is 2. The second-order valence-electron chi connectivity index (χ2n) is 5.45. The zero-order valence-electron chi connectivity index (χ0n) is 13.6. The third-order valence-electron chi connectivity index (χ3n) is 3.52. The number of aromatic amines is 1. The molecule has 0 saturated carbocycles. The Morgan fingerprint density at radius 1 is 1.35 bits per heavy atom. The molecule has 1 fully saturated rings. The van der Waals surface area contributed by atoms with Crippen molar-refractivity contribution in [2.45, 2.75) is 6.92 Å². The van der Waals surface area contributed by atoms with E-state index in [1.54, 1.807) is 12.3 Å². The lowest BCUT2D eigenvalue weighted by Crippen LogP contribution is -2.19. The van der Waals surface area contributed by atoms with Crippen molar-refractivity contribution in [3.63, 3.8) is 0 Å². The lowest BCUT2D eigenvalue weighted by molar-refractivity contribution is -0.115. The number of para-hydroxylation sites is 1. The van der Waals surface area contributed by atoms with E-state index in [1.807, 2.05) is 30.5 Å². The molecule has 0 unspecified atom stereocenters. The number of fused-ring (bicyclic) bond motifs is 1. The first-order valence-corrected chi connectivity index (χ1v) is 9.31. The van der Waals surface area contributed by atoms with Gasteiger partial charge in [0.2, 0.25) is 5.91 Å². The standard InChI is InChI=1S/C17H13N5O2S2/c1-9(23)20-16-19-8-11(25-16)7-13-15(24)22-17(26-13)21-12-4-2-3-10-5-6-18-14(10)12/h2-8,18H,1H3,(H,19,20,23)(H,21,22,24)/b13-7-. The van der Waals surface area contributed by atoms with Gasteiger partial charge in [0.25, 0.3) is 5.91 Å². The van der Waals surface area contributed by atoms with Crippen molar-refractivity contribution in [2.24, 2.45) is 4.99 Å². The van der Waals surface area contributed by atoms with Crippen LogP contribution in [0.2, 0.25) is 0 Å². The number of hydrogen-bond donors (Lipinski definition) is 3. The van der Waals surface area contributed by atoms with E-state index in [0.717, 1.165) is 21.5 Å². The minimum absolute atomic E-state index is 0.181. The van der Waals surface area contributed by atoms with E-state index >= 15 is 0 Å². The van der Waals surface area contributed by atoms with Crippen LogP contribution in [0.15, 0.2) is 46.6 Å². The Kier molecular flexibility index (Phi) is 4.31. The van der Waals surface area contributed by atoms with Gasteiger partial charge in [-0.1, -0.05) is 23.5 Å². The van der Waals surface area contributed by atoms with Crippen LogP contribution < -0.4 is 10.6 Å².